The Labute approximate surface area is 207 Å². The number of hydrogen-bond acceptors (Lipinski definition) is 3. The number of thiazole rings is 1. The number of halogens is 4. The molecule has 0 aliphatic rings. The highest BCUT2D eigenvalue weighted by molar-refractivity contribution is 7.07. The van der Waals surface area contributed by atoms with Crippen LogP contribution >= 0.6 is 11.3 Å². The van der Waals surface area contributed by atoms with Crippen LogP contribution in [0.4, 0.5) is 17.6 Å². The van der Waals surface area contributed by atoms with Crippen LogP contribution in [0.3, 0.4) is 0 Å². The molecule has 4 rings (SSSR count). The van der Waals surface area contributed by atoms with Crippen molar-refractivity contribution in [1.29, 1.82) is 0 Å². The predicted molar refractivity (Wildman–Crippen MR) is 127 cm³/mol. The summed E-state index contributed by atoms with van der Waals surface area (Å²) in [7, 11) is 0. The molecule has 0 fully saturated rings. The quantitative estimate of drug-likeness (QED) is 0.350. The Kier molecular flexibility index (Phi) is 7.44. The standard InChI is InChI=1S/C26H19F4N3O2S/c27-22-10-2-1-9-21(22)24(35)32-25-33(11-12-36-25)16-18-6-3-7-19(13-18)23(34)31-15-17-5-4-8-20(14-17)26(28,29)30/h1-14H,15-16H2,(H,31,34). The maximum absolute atomic E-state index is 13.9. The van der Waals surface area contributed by atoms with Gasteiger partial charge in [-0.25, -0.2) is 4.39 Å². The molecule has 2 amide bonds. The maximum atomic E-state index is 13.9. The van der Waals surface area contributed by atoms with Gasteiger partial charge in [0, 0.05) is 30.2 Å². The molecule has 0 saturated carbocycles. The van der Waals surface area contributed by atoms with Gasteiger partial charge in [0.1, 0.15) is 5.82 Å². The molecule has 0 bridgehead atoms. The van der Waals surface area contributed by atoms with Crippen LogP contribution in [0.25, 0.3) is 0 Å². The van der Waals surface area contributed by atoms with Crippen molar-refractivity contribution in [3.8, 4) is 0 Å². The van der Waals surface area contributed by atoms with Crippen LogP contribution in [-0.2, 0) is 19.3 Å². The third-order valence-electron chi connectivity index (χ3n) is 5.21. The lowest BCUT2D eigenvalue weighted by molar-refractivity contribution is -0.137. The van der Waals surface area contributed by atoms with Crippen LogP contribution in [-0.4, -0.2) is 16.4 Å². The second-order valence-corrected chi connectivity index (χ2v) is 8.66. The fraction of sp³-hybridized carbons (Fsp3) is 0.115. The van der Waals surface area contributed by atoms with E-state index in [1.165, 1.54) is 41.7 Å². The number of carbonyl (C=O) groups is 2. The summed E-state index contributed by atoms with van der Waals surface area (Å²) in [6.07, 6.45) is -2.74. The number of nitrogens with zero attached hydrogens (tertiary/aromatic N) is 2. The normalized spacial score (nSPS) is 11.9. The lowest BCUT2D eigenvalue weighted by Crippen LogP contribution is -2.23. The van der Waals surface area contributed by atoms with E-state index in [0.29, 0.717) is 22.5 Å². The number of carbonyl (C=O) groups excluding carboxylic acids is 2. The first kappa shape index (κ1) is 25.1. The maximum Gasteiger partial charge on any atom is 0.416 e. The largest absolute Gasteiger partial charge is 0.416 e. The highest BCUT2D eigenvalue weighted by atomic mass is 32.1. The van der Waals surface area contributed by atoms with Crippen LogP contribution in [0.15, 0.2) is 89.4 Å². The summed E-state index contributed by atoms with van der Waals surface area (Å²) in [5.74, 6) is -1.80. The Hall–Kier alpha value is -4.05. The first-order chi connectivity index (χ1) is 17.2. The summed E-state index contributed by atoms with van der Waals surface area (Å²) >= 11 is 1.21. The van der Waals surface area contributed by atoms with Gasteiger partial charge >= 0.3 is 6.18 Å². The van der Waals surface area contributed by atoms with Gasteiger partial charge < -0.3 is 9.88 Å². The van der Waals surface area contributed by atoms with Crippen LogP contribution in [0.2, 0.25) is 0 Å². The molecule has 0 unspecified atom stereocenters. The smallest absolute Gasteiger partial charge is 0.348 e. The van der Waals surface area contributed by atoms with Crippen molar-refractivity contribution < 1.29 is 27.2 Å². The van der Waals surface area contributed by atoms with E-state index in [1.54, 1.807) is 46.5 Å². The van der Waals surface area contributed by atoms with E-state index in [0.717, 1.165) is 17.7 Å². The van der Waals surface area contributed by atoms with Crippen LogP contribution in [0.5, 0.6) is 0 Å². The van der Waals surface area contributed by atoms with Crippen molar-refractivity contribution in [2.45, 2.75) is 19.3 Å². The Morgan fingerprint density at radius 2 is 1.69 bits per heavy atom. The van der Waals surface area contributed by atoms with Crippen LogP contribution in [0.1, 0.15) is 37.4 Å². The lowest BCUT2D eigenvalue weighted by atomic mass is 10.1. The lowest BCUT2D eigenvalue weighted by Gasteiger charge is -2.10. The second-order valence-electron chi connectivity index (χ2n) is 7.79. The molecule has 0 spiro atoms. The van der Waals surface area contributed by atoms with Crippen LogP contribution < -0.4 is 10.1 Å². The molecule has 184 valence electrons. The molecule has 0 aliphatic heterocycles. The van der Waals surface area contributed by atoms with Gasteiger partial charge in [-0.1, -0.05) is 36.4 Å². The van der Waals surface area contributed by atoms with E-state index in [9.17, 15) is 27.2 Å². The van der Waals surface area contributed by atoms with E-state index in [1.807, 2.05) is 0 Å². The average Bonchev–Trinajstić information content (AvgIpc) is 3.28. The SMILES string of the molecule is O=C(NCc1cccc(C(F)(F)F)c1)c1cccc(Cn2ccsc2=NC(=O)c2ccccc2F)c1. The first-order valence-electron chi connectivity index (χ1n) is 10.7. The minimum Gasteiger partial charge on any atom is -0.348 e. The average molecular weight is 514 g/mol. The Bertz CT molecular complexity index is 1470. The van der Waals surface area contributed by atoms with Crippen molar-refractivity contribution in [3.63, 3.8) is 0 Å². The van der Waals surface area contributed by atoms with Gasteiger partial charge in [0.2, 0.25) is 0 Å². The molecule has 3 aromatic carbocycles. The zero-order valence-electron chi connectivity index (χ0n) is 18.6. The predicted octanol–water partition coefficient (Wildman–Crippen LogP) is 5.43. The summed E-state index contributed by atoms with van der Waals surface area (Å²) in [6.45, 7) is 0.231. The van der Waals surface area contributed by atoms with E-state index in [2.05, 4.69) is 10.3 Å². The first-order valence-corrected chi connectivity index (χ1v) is 11.6. The molecule has 0 atom stereocenters. The second kappa shape index (κ2) is 10.7. The molecule has 1 N–H and O–H groups in total. The molecular formula is C26H19F4N3O2S. The monoisotopic (exact) mass is 513 g/mol. The summed E-state index contributed by atoms with van der Waals surface area (Å²) in [5, 5.41) is 4.37. The van der Waals surface area contributed by atoms with Crippen molar-refractivity contribution in [1.82, 2.24) is 9.88 Å². The molecular weight excluding hydrogens is 494 g/mol. The van der Waals surface area contributed by atoms with Gasteiger partial charge in [0.25, 0.3) is 11.8 Å². The topological polar surface area (TPSA) is 63.5 Å². The van der Waals surface area contributed by atoms with Gasteiger partial charge in [-0.15, -0.1) is 11.3 Å². The molecule has 0 aliphatic carbocycles. The van der Waals surface area contributed by atoms with Crippen LogP contribution in [0, 0.1) is 5.82 Å². The number of aromatic nitrogens is 1. The third-order valence-corrected chi connectivity index (χ3v) is 6.01. The fourth-order valence-corrected chi connectivity index (χ4v) is 4.16. The number of alkyl halides is 3. The van der Waals surface area contributed by atoms with Crippen molar-refractivity contribution in [3.05, 3.63) is 123 Å². The highest BCUT2D eigenvalue weighted by Crippen LogP contribution is 2.29. The summed E-state index contributed by atoms with van der Waals surface area (Å²) in [4.78, 5) is 29.4. The van der Waals surface area contributed by atoms with Crippen molar-refractivity contribution >= 4 is 23.2 Å². The minimum atomic E-state index is -4.46. The van der Waals surface area contributed by atoms with E-state index < -0.39 is 29.4 Å². The molecule has 0 radical (unpaired) electrons. The Morgan fingerprint density at radius 1 is 0.944 bits per heavy atom. The Morgan fingerprint density at radius 3 is 2.47 bits per heavy atom. The number of amides is 2. The molecule has 4 aromatic rings. The van der Waals surface area contributed by atoms with Gasteiger partial charge in [0.15, 0.2) is 4.80 Å². The highest BCUT2D eigenvalue weighted by Gasteiger charge is 2.30. The van der Waals surface area contributed by atoms with Gasteiger partial charge in [-0.3, -0.25) is 9.59 Å². The summed E-state index contributed by atoms with van der Waals surface area (Å²) in [5.41, 5.74) is 0.487. The minimum absolute atomic E-state index is 0.0621. The van der Waals surface area contributed by atoms with Gasteiger partial charge in [-0.05, 0) is 47.5 Å². The van der Waals surface area contributed by atoms with Crippen molar-refractivity contribution in [2.75, 3.05) is 0 Å². The molecule has 0 saturated heterocycles. The molecule has 10 heteroatoms. The van der Waals surface area contributed by atoms with E-state index in [4.69, 9.17) is 0 Å². The van der Waals surface area contributed by atoms with Gasteiger partial charge in [0.05, 0.1) is 11.1 Å². The Balaban J connectivity index is 1.46. The van der Waals surface area contributed by atoms with Gasteiger partial charge in [-0.2, -0.15) is 18.2 Å². The molecule has 1 heterocycles. The number of hydrogen-bond donors (Lipinski definition) is 1. The zero-order valence-corrected chi connectivity index (χ0v) is 19.4. The molecule has 1 aromatic heterocycles. The zero-order chi connectivity index (χ0) is 25.7. The summed E-state index contributed by atoms with van der Waals surface area (Å²) in [6, 6.07) is 17.1. The van der Waals surface area contributed by atoms with E-state index in [-0.39, 0.29) is 12.1 Å². The molecule has 5 nitrogen and oxygen atoms in total. The number of nitrogens with one attached hydrogen (secondary N) is 1. The summed E-state index contributed by atoms with van der Waals surface area (Å²) < 4.78 is 54.3. The van der Waals surface area contributed by atoms with E-state index >= 15 is 0 Å². The number of rotatable bonds is 6. The number of benzene rings is 3. The fourth-order valence-electron chi connectivity index (χ4n) is 3.44. The third kappa shape index (κ3) is 6.14. The van der Waals surface area contributed by atoms with Crippen molar-refractivity contribution in [2.24, 2.45) is 4.99 Å². The molecule has 36 heavy (non-hydrogen) atoms.